The van der Waals surface area contributed by atoms with Crippen molar-refractivity contribution < 1.29 is 0 Å². The van der Waals surface area contributed by atoms with Gasteiger partial charge in [-0.1, -0.05) is 6.42 Å². The van der Waals surface area contributed by atoms with Gasteiger partial charge < -0.3 is 10.2 Å². The van der Waals surface area contributed by atoms with Crippen LogP contribution in [0.1, 0.15) is 51.6 Å². The molecular weight excluding hydrogens is 258 g/mol. The first-order valence-electron chi connectivity index (χ1n) is 8.55. The highest BCUT2D eigenvalue weighted by molar-refractivity contribution is 5.14. The number of pyridine rings is 1. The predicted molar refractivity (Wildman–Crippen MR) is 87.1 cm³/mol. The molecule has 2 aliphatic rings. The number of hydrogen-bond donors (Lipinski definition) is 1. The second kappa shape index (κ2) is 6.45. The van der Waals surface area contributed by atoms with Crippen LogP contribution >= 0.6 is 0 Å². The third kappa shape index (κ3) is 3.29. The lowest BCUT2D eigenvalue weighted by molar-refractivity contribution is 0.0257. The molecule has 116 valence electrons. The third-order valence-corrected chi connectivity index (χ3v) is 5.48. The van der Waals surface area contributed by atoms with Crippen molar-refractivity contribution in [2.45, 2.75) is 58.2 Å². The number of piperidine rings is 1. The van der Waals surface area contributed by atoms with Gasteiger partial charge in [0.15, 0.2) is 0 Å². The summed E-state index contributed by atoms with van der Waals surface area (Å²) in [5.74, 6) is 1.65. The topological polar surface area (TPSA) is 28.2 Å². The maximum atomic E-state index is 4.13. The summed E-state index contributed by atoms with van der Waals surface area (Å²) >= 11 is 0. The van der Waals surface area contributed by atoms with Gasteiger partial charge in [-0.3, -0.25) is 4.98 Å². The van der Waals surface area contributed by atoms with Gasteiger partial charge in [-0.2, -0.15) is 0 Å². The van der Waals surface area contributed by atoms with Crippen molar-refractivity contribution in [3.8, 4) is 0 Å². The highest BCUT2D eigenvalue weighted by Crippen LogP contribution is 2.36. The van der Waals surface area contributed by atoms with Crippen LogP contribution in [0.2, 0.25) is 0 Å². The molecule has 0 spiro atoms. The van der Waals surface area contributed by atoms with Crippen LogP contribution in [0.25, 0.3) is 0 Å². The van der Waals surface area contributed by atoms with E-state index in [1.165, 1.54) is 37.9 Å². The molecule has 1 saturated carbocycles. The summed E-state index contributed by atoms with van der Waals surface area (Å²) < 4.78 is 0. The molecule has 3 nitrogen and oxygen atoms in total. The lowest BCUT2D eigenvalue weighted by Gasteiger charge is -2.49. The van der Waals surface area contributed by atoms with Crippen LogP contribution in [-0.2, 0) is 0 Å². The molecule has 2 heterocycles. The van der Waals surface area contributed by atoms with Gasteiger partial charge in [-0.25, -0.2) is 0 Å². The predicted octanol–water partition coefficient (Wildman–Crippen LogP) is 3.24. The molecule has 2 bridgehead atoms. The highest BCUT2D eigenvalue weighted by atomic mass is 15.2. The van der Waals surface area contributed by atoms with E-state index in [1.807, 2.05) is 12.4 Å². The van der Waals surface area contributed by atoms with Gasteiger partial charge in [0.25, 0.3) is 0 Å². The Morgan fingerprint density at radius 3 is 2.29 bits per heavy atom. The van der Waals surface area contributed by atoms with E-state index in [0.717, 1.165) is 11.8 Å². The van der Waals surface area contributed by atoms with E-state index in [9.17, 15) is 0 Å². The molecular formula is C18H29N3. The molecule has 0 radical (unpaired) electrons. The number of nitrogens with one attached hydrogen (secondary N) is 1. The Kier molecular flexibility index (Phi) is 4.60. The summed E-state index contributed by atoms with van der Waals surface area (Å²) in [5.41, 5.74) is 1.36. The molecule has 21 heavy (non-hydrogen) atoms. The first-order valence-corrected chi connectivity index (χ1v) is 8.55. The lowest BCUT2D eigenvalue weighted by Crippen LogP contribution is -2.58. The second-order valence-electron chi connectivity index (χ2n) is 7.19. The minimum atomic E-state index is 0.423. The maximum absolute atomic E-state index is 4.13. The summed E-state index contributed by atoms with van der Waals surface area (Å²) in [5, 5.41) is 3.94. The smallest absolute Gasteiger partial charge is 0.0295 e. The lowest BCUT2D eigenvalue weighted by atomic mass is 9.73. The van der Waals surface area contributed by atoms with Gasteiger partial charge in [0, 0.05) is 43.6 Å². The number of aromatic nitrogens is 1. The van der Waals surface area contributed by atoms with E-state index in [0.29, 0.717) is 18.1 Å². The zero-order valence-corrected chi connectivity index (χ0v) is 13.6. The van der Waals surface area contributed by atoms with Crippen LogP contribution in [0.3, 0.4) is 0 Å². The Morgan fingerprint density at radius 1 is 1.10 bits per heavy atom. The molecule has 2 unspecified atom stereocenters. The van der Waals surface area contributed by atoms with Crippen LogP contribution in [0, 0.1) is 11.8 Å². The van der Waals surface area contributed by atoms with Crippen LogP contribution in [0.5, 0.6) is 0 Å². The van der Waals surface area contributed by atoms with Crippen LogP contribution in [0.15, 0.2) is 24.5 Å². The van der Waals surface area contributed by atoms with Crippen molar-refractivity contribution in [3.63, 3.8) is 0 Å². The van der Waals surface area contributed by atoms with Gasteiger partial charge in [-0.15, -0.1) is 0 Å². The fraction of sp³-hybridized carbons (Fsp3) is 0.722. The molecule has 1 aromatic heterocycles. The summed E-state index contributed by atoms with van der Waals surface area (Å²) in [4.78, 5) is 6.81. The molecule has 2 fully saturated rings. The number of fused-ring (bicyclic) bond motifs is 2. The van der Waals surface area contributed by atoms with Crippen molar-refractivity contribution in [2.75, 3.05) is 13.1 Å². The van der Waals surface area contributed by atoms with Gasteiger partial charge in [0.05, 0.1) is 0 Å². The fourth-order valence-corrected chi connectivity index (χ4v) is 4.20. The minimum absolute atomic E-state index is 0.423. The molecule has 3 rings (SSSR count). The van der Waals surface area contributed by atoms with Crippen molar-refractivity contribution in [1.29, 1.82) is 0 Å². The molecule has 3 heteroatoms. The molecule has 3 atom stereocenters. The SMILES string of the molecule is CC(C)N1CC2CCCC(C1)C2N[C@H](C)c1ccncc1. The molecule has 1 saturated heterocycles. The Bertz CT molecular complexity index is 431. The Balaban J connectivity index is 1.68. The van der Waals surface area contributed by atoms with Crippen LogP contribution < -0.4 is 5.32 Å². The molecule has 1 N–H and O–H groups in total. The number of rotatable bonds is 4. The average Bonchev–Trinajstić information content (AvgIpc) is 2.47. The summed E-state index contributed by atoms with van der Waals surface area (Å²) in [6, 6.07) is 6.07. The normalized spacial score (nSPS) is 31.3. The van der Waals surface area contributed by atoms with E-state index in [-0.39, 0.29) is 0 Å². The molecule has 0 amide bonds. The standard InChI is InChI=1S/C18H29N3/c1-13(2)21-11-16-5-4-6-17(12-21)18(16)20-14(3)15-7-9-19-10-8-15/h7-10,13-14,16-18,20H,4-6,11-12H2,1-3H3/t14-,16?,17?,18?/m1/s1. The number of hydrogen-bond acceptors (Lipinski definition) is 3. The molecule has 0 aromatic carbocycles. The fourth-order valence-electron chi connectivity index (χ4n) is 4.20. The zero-order valence-electron chi connectivity index (χ0n) is 13.6. The first-order chi connectivity index (χ1) is 10.1. The zero-order chi connectivity index (χ0) is 14.8. The third-order valence-electron chi connectivity index (χ3n) is 5.48. The van der Waals surface area contributed by atoms with E-state index >= 15 is 0 Å². The van der Waals surface area contributed by atoms with Gasteiger partial charge in [0.1, 0.15) is 0 Å². The first kappa shape index (κ1) is 15.0. The highest BCUT2D eigenvalue weighted by Gasteiger charge is 2.40. The van der Waals surface area contributed by atoms with Gasteiger partial charge in [-0.05, 0) is 63.1 Å². The Morgan fingerprint density at radius 2 is 1.71 bits per heavy atom. The van der Waals surface area contributed by atoms with Crippen molar-refractivity contribution >= 4 is 0 Å². The van der Waals surface area contributed by atoms with Crippen molar-refractivity contribution in [2.24, 2.45) is 11.8 Å². The molecule has 1 aliphatic carbocycles. The largest absolute Gasteiger partial charge is 0.307 e. The average molecular weight is 287 g/mol. The Labute approximate surface area is 129 Å². The van der Waals surface area contributed by atoms with E-state index in [4.69, 9.17) is 0 Å². The van der Waals surface area contributed by atoms with Gasteiger partial charge >= 0.3 is 0 Å². The van der Waals surface area contributed by atoms with Crippen LogP contribution in [0.4, 0.5) is 0 Å². The number of nitrogens with zero attached hydrogens (tertiary/aromatic N) is 2. The van der Waals surface area contributed by atoms with E-state index < -0.39 is 0 Å². The molecule has 1 aliphatic heterocycles. The maximum Gasteiger partial charge on any atom is 0.0295 e. The summed E-state index contributed by atoms with van der Waals surface area (Å²) in [6.45, 7) is 9.51. The monoisotopic (exact) mass is 287 g/mol. The van der Waals surface area contributed by atoms with E-state index in [1.54, 1.807) is 0 Å². The Hall–Kier alpha value is -0.930. The minimum Gasteiger partial charge on any atom is -0.307 e. The van der Waals surface area contributed by atoms with E-state index in [2.05, 4.69) is 48.1 Å². The molecule has 1 aromatic rings. The quantitative estimate of drug-likeness (QED) is 0.921. The number of likely N-dealkylation sites (tertiary alicyclic amines) is 1. The summed E-state index contributed by atoms with van der Waals surface area (Å²) in [6.07, 6.45) is 8.00. The van der Waals surface area contributed by atoms with Gasteiger partial charge in [0.2, 0.25) is 0 Å². The second-order valence-corrected chi connectivity index (χ2v) is 7.19. The van der Waals surface area contributed by atoms with Crippen LogP contribution in [-0.4, -0.2) is 35.1 Å². The van der Waals surface area contributed by atoms with Crippen molar-refractivity contribution in [1.82, 2.24) is 15.2 Å². The summed E-state index contributed by atoms with van der Waals surface area (Å²) in [7, 11) is 0. The van der Waals surface area contributed by atoms with Crippen molar-refractivity contribution in [3.05, 3.63) is 30.1 Å².